The number of phosphoric acid groups is 1. The summed E-state index contributed by atoms with van der Waals surface area (Å²) in [7, 11) is 1.28. The van der Waals surface area contributed by atoms with E-state index in [1.807, 2.05) is 27.2 Å². The molecule has 400 valence electrons. The van der Waals surface area contributed by atoms with Crippen molar-refractivity contribution in [1.82, 2.24) is 5.32 Å². The van der Waals surface area contributed by atoms with Crippen LogP contribution >= 0.6 is 7.82 Å². The quantitative estimate of drug-likeness (QED) is 0.0272. The molecule has 8 nitrogen and oxygen atoms in total. The molecule has 0 aliphatic heterocycles. The number of amides is 1. The van der Waals surface area contributed by atoms with Crippen molar-refractivity contribution < 1.29 is 32.9 Å². The van der Waals surface area contributed by atoms with E-state index in [9.17, 15) is 19.4 Å². The van der Waals surface area contributed by atoms with Crippen LogP contribution < -0.4 is 10.2 Å². The predicted molar refractivity (Wildman–Crippen MR) is 289 cm³/mol. The summed E-state index contributed by atoms with van der Waals surface area (Å²) >= 11 is 0. The highest BCUT2D eigenvalue weighted by molar-refractivity contribution is 7.45. The average Bonchev–Trinajstić information content (AvgIpc) is 3.29. The Morgan fingerprint density at radius 3 is 1.12 bits per heavy atom. The monoisotopic (exact) mass is 969 g/mol. The number of carbonyl (C=O) groups excluding carboxylic acids is 1. The zero-order chi connectivity index (χ0) is 49.2. The third kappa shape index (κ3) is 52.9. The molecule has 2 N–H and O–H groups in total. The molecule has 0 fully saturated rings. The van der Waals surface area contributed by atoms with Crippen molar-refractivity contribution >= 4 is 13.7 Å². The topological polar surface area (TPSA) is 108 Å². The fraction of sp³-hybridized carbons (Fsp3) is 0.948. The van der Waals surface area contributed by atoms with E-state index in [2.05, 4.69) is 19.2 Å². The number of unbranched alkanes of at least 4 members (excludes halogenated alkanes) is 42. The van der Waals surface area contributed by atoms with Crippen LogP contribution in [0.1, 0.15) is 303 Å². The lowest BCUT2D eigenvalue weighted by molar-refractivity contribution is -0.870. The first kappa shape index (κ1) is 66.2. The minimum absolute atomic E-state index is 0.00275. The number of nitrogens with one attached hydrogen (secondary N) is 1. The Morgan fingerprint density at radius 2 is 0.806 bits per heavy atom. The molecule has 3 atom stereocenters. The van der Waals surface area contributed by atoms with Gasteiger partial charge in [0.15, 0.2) is 0 Å². The number of aliphatic hydroxyl groups excluding tert-OH is 1. The van der Waals surface area contributed by atoms with Gasteiger partial charge >= 0.3 is 0 Å². The number of aliphatic hydroxyl groups is 1. The lowest BCUT2D eigenvalue weighted by Gasteiger charge is -2.29. The highest BCUT2D eigenvalue weighted by Gasteiger charge is 2.23. The molecule has 0 bridgehead atoms. The maximum absolute atomic E-state index is 13.0. The molecular weight excluding hydrogens is 852 g/mol. The molecule has 0 saturated heterocycles. The molecule has 0 radical (unpaired) electrons. The van der Waals surface area contributed by atoms with Gasteiger partial charge in [-0.2, -0.15) is 0 Å². The standard InChI is InChI=1S/C58H117N2O6P/c1-6-8-10-12-14-16-18-20-22-24-26-28-30-31-33-35-37-39-41-43-45-47-49-51-57(61)56(55-66-67(63,64)65-54-53-60(3,4)5)59-58(62)52-50-48-46-44-42-40-38-36-34-32-29-27-25-23-21-19-17-15-13-11-9-7-2/h49,51,56-57,61H,6-48,50,52-55H2,1-5H3,(H-,59,62,63,64)/b51-49+. The molecule has 0 aliphatic carbocycles. The Hall–Kier alpha value is -0.760. The zero-order valence-corrected chi connectivity index (χ0v) is 46.5. The van der Waals surface area contributed by atoms with E-state index in [0.717, 1.165) is 38.5 Å². The van der Waals surface area contributed by atoms with Crippen LogP contribution in [0.5, 0.6) is 0 Å². The summed E-state index contributed by atoms with van der Waals surface area (Å²) in [6, 6.07) is -0.882. The van der Waals surface area contributed by atoms with Crippen LogP contribution in [0.2, 0.25) is 0 Å². The van der Waals surface area contributed by atoms with Gasteiger partial charge in [0.1, 0.15) is 13.2 Å². The van der Waals surface area contributed by atoms with Crippen molar-refractivity contribution in [3.8, 4) is 0 Å². The molecule has 0 spiro atoms. The van der Waals surface area contributed by atoms with Crippen LogP contribution in [0.4, 0.5) is 0 Å². The number of allylic oxidation sites excluding steroid dienone is 1. The Labute approximate surface area is 418 Å². The second-order valence-corrected chi connectivity index (χ2v) is 23.1. The molecule has 0 rings (SSSR count). The molecule has 0 heterocycles. The zero-order valence-electron chi connectivity index (χ0n) is 45.6. The fourth-order valence-corrected chi connectivity index (χ4v) is 9.82. The SMILES string of the molecule is CCCCCCCCCCCCCCCCCCCCCCC/C=C/C(O)C(COP(=O)([O-])OCC[N+](C)(C)C)NC(=O)CCCCCCCCCCCCCCCCCCCCCCCC. The van der Waals surface area contributed by atoms with Crippen molar-refractivity contribution in [2.75, 3.05) is 40.9 Å². The second-order valence-electron chi connectivity index (χ2n) is 21.7. The summed E-state index contributed by atoms with van der Waals surface area (Å²) in [4.78, 5) is 25.5. The molecule has 67 heavy (non-hydrogen) atoms. The van der Waals surface area contributed by atoms with Crippen LogP contribution in [0.15, 0.2) is 12.2 Å². The van der Waals surface area contributed by atoms with Crippen molar-refractivity contribution in [1.29, 1.82) is 0 Å². The van der Waals surface area contributed by atoms with Gasteiger partial charge in [0.25, 0.3) is 7.82 Å². The third-order valence-corrected chi connectivity index (χ3v) is 14.7. The lowest BCUT2D eigenvalue weighted by atomic mass is 10.0. The van der Waals surface area contributed by atoms with Crippen LogP contribution in [-0.2, 0) is 18.4 Å². The predicted octanol–water partition coefficient (Wildman–Crippen LogP) is 17.2. The van der Waals surface area contributed by atoms with Crippen molar-refractivity contribution in [2.45, 2.75) is 315 Å². The highest BCUT2D eigenvalue weighted by atomic mass is 31.2. The largest absolute Gasteiger partial charge is 0.756 e. The first-order valence-corrected chi connectivity index (χ1v) is 31.0. The maximum Gasteiger partial charge on any atom is 0.268 e. The minimum Gasteiger partial charge on any atom is -0.756 e. The molecule has 0 aromatic heterocycles. The first-order valence-electron chi connectivity index (χ1n) is 29.6. The third-order valence-electron chi connectivity index (χ3n) is 13.7. The summed E-state index contributed by atoms with van der Waals surface area (Å²) in [6.45, 7) is 4.71. The Morgan fingerprint density at radius 1 is 0.507 bits per heavy atom. The van der Waals surface area contributed by atoms with Gasteiger partial charge in [0.05, 0.1) is 39.9 Å². The number of likely N-dealkylation sites (N-methyl/N-ethyl adjacent to an activating group) is 1. The maximum atomic E-state index is 13.0. The van der Waals surface area contributed by atoms with E-state index in [-0.39, 0.29) is 19.1 Å². The van der Waals surface area contributed by atoms with Gasteiger partial charge in [-0.25, -0.2) is 0 Å². The van der Waals surface area contributed by atoms with Crippen LogP contribution in [0, 0.1) is 0 Å². The number of nitrogens with zero attached hydrogens (tertiary/aromatic N) is 1. The Balaban J connectivity index is 4.17. The number of hydrogen-bond donors (Lipinski definition) is 2. The van der Waals surface area contributed by atoms with Gasteiger partial charge in [0.2, 0.25) is 5.91 Å². The summed E-state index contributed by atoms with van der Waals surface area (Å²) in [5.41, 5.74) is 0. The van der Waals surface area contributed by atoms with E-state index < -0.39 is 20.0 Å². The summed E-state index contributed by atoms with van der Waals surface area (Å²) in [5, 5.41) is 13.9. The first-order chi connectivity index (χ1) is 32.5. The Kier molecular flexibility index (Phi) is 49.6. The van der Waals surface area contributed by atoms with Gasteiger partial charge in [-0.05, 0) is 19.3 Å². The molecule has 0 aliphatic rings. The highest BCUT2D eigenvalue weighted by Crippen LogP contribution is 2.38. The van der Waals surface area contributed by atoms with E-state index in [1.54, 1.807) is 6.08 Å². The average molecular weight is 970 g/mol. The molecule has 0 aromatic carbocycles. The van der Waals surface area contributed by atoms with Crippen LogP contribution in [0.25, 0.3) is 0 Å². The van der Waals surface area contributed by atoms with E-state index in [0.29, 0.717) is 17.4 Å². The summed E-state index contributed by atoms with van der Waals surface area (Å²) in [6.07, 6.45) is 61.4. The molecule has 1 amide bonds. The normalized spacial score (nSPS) is 14.0. The van der Waals surface area contributed by atoms with Crippen LogP contribution in [0.3, 0.4) is 0 Å². The van der Waals surface area contributed by atoms with E-state index in [1.165, 1.54) is 244 Å². The lowest BCUT2D eigenvalue weighted by Crippen LogP contribution is -2.45. The number of carbonyl (C=O) groups is 1. The Bertz CT molecular complexity index is 1100. The van der Waals surface area contributed by atoms with E-state index >= 15 is 0 Å². The van der Waals surface area contributed by atoms with Crippen LogP contribution in [-0.4, -0.2) is 68.5 Å². The fourth-order valence-electron chi connectivity index (χ4n) is 9.10. The minimum atomic E-state index is -4.59. The molecule has 0 aromatic rings. The summed E-state index contributed by atoms with van der Waals surface area (Å²) in [5.74, 6) is -0.190. The van der Waals surface area contributed by atoms with Gasteiger partial charge in [-0.1, -0.05) is 289 Å². The smallest absolute Gasteiger partial charge is 0.268 e. The number of quaternary nitrogens is 1. The number of rotatable bonds is 55. The molecule has 0 saturated carbocycles. The molecule has 9 heteroatoms. The van der Waals surface area contributed by atoms with Gasteiger partial charge in [-0.3, -0.25) is 9.36 Å². The van der Waals surface area contributed by atoms with Gasteiger partial charge in [-0.15, -0.1) is 0 Å². The molecule has 3 unspecified atom stereocenters. The second kappa shape index (κ2) is 50.2. The van der Waals surface area contributed by atoms with E-state index in [4.69, 9.17) is 9.05 Å². The van der Waals surface area contributed by atoms with Crippen molar-refractivity contribution in [3.63, 3.8) is 0 Å². The van der Waals surface area contributed by atoms with Gasteiger partial charge < -0.3 is 28.8 Å². The number of phosphoric ester groups is 1. The van der Waals surface area contributed by atoms with Crippen molar-refractivity contribution in [3.05, 3.63) is 12.2 Å². The number of hydrogen-bond acceptors (Lipinski definition) is 6. The van der Waals surface area contributed by atoms with Gasteiger partial charge in [0, 0.05) is 6.42 Å². The summed E-state index contributed by atoms with van der Waals surface area (Å²) < 4.78 is 23.4. The van der Waals surface area contributed by atoms with Crippen molar-refractivity contribution in [2.24, 2.45) is 0 Å². The molecular formula is C58H117N2O6P.